The van der Waals surface area contributed by atoms with E-state index in [9.17, 15) is 4.79 Å². The predicted octanol–water partition coefficient (Wildman–Crippen LogP) is 1.88. The Morgan fingerprint density at radius 3 is 1.80 bits per heavy atom. The molecule has 0 saturated carbocycles. The highest BCUT2D eigenvalue weighted by Gasteiger charge is 2.21. The maximum Gasteiger partial charge on any atom is 0.319 e. The van der Waals surface area contributed by atoms with Crippen LogP contribution < -0.4 is 0 Å². The van der Waals surface area contributed by atoms with Crippen molar-refractivity contribution in [3.8, 4) is 12.3 Å². The summed E-state index contributed by atoms with van der Waals surface area (Å²) in [7, 11) is 0. The van der Waals surface area contributed by atoms with Crippen LogP contribution in [0.15, 0.2) is 0 Å². The first-order valence-corrected chi connectivity index (χ1v) is 3.45. The van der Waals surface area contributed by atoms with Crippen molar-refractivity contribution in [1.82, 2.24) is 0 Å². The van der Waals surface area contributed by atoms with Crippen molar-refractivity contribution in [1.29, 1.82) is 0 Å². The molecule has 0 atom stereocenters. The molecule has 2 nitrogen and oxygen atoms in total. The van der Waals surface area contributed by atoms with Crippen molar-refractivity contribution in [3.63, 3.8) is 0 Å². The second-order valence-corrected chi connectivity index (χ2v) is 4.05. The Bertz CT molecular complexity index is 139. The minimum Gasteiger partial charge on any atom is -0.480 e. The standard InChI is InChI=1S/C4H7BrO2.C3H4/c1-4(2,5)3(6)7;1-3-2/h1-2H3,(H,6,7);1H,2H3. The Morgan fingerprint density at radius 1 is 1.70 bits per heavy atom. The predicted molar refractivity (Wildman–Crippen MR) is 45.1 cm³/mol. The smallest absolute Gasteiger partial charge is 0.319 e. The molecule has 0 aliphatic heterocycles. The largest absolute Gasteiger partial charge is 0.480 e. The highest BCUT2D eigenvalue weighted by atomic mass is 79.9. The van der Waals surface area contributed by atoms with Gasteiger partial charge in [-0.25, -0.2) is 0 Å². The van der Waals surface area contributed by atoms with E-state index in [-0.39, 0.29) is 0 Å². The van der Waals surface area contributed by atoms with Gasteiger partial charge in [-0.3, -0.25) is 4.79 Å². The number of halogens is 1. The third-order valence-electron chi connectivity index (χ3n) is 0.509. The van der Waals surface area contributed by atoms with Crippen LogP contribution in [0.1, 0.15) is 20.8 Å². The molecule has 0 aromatic heterocycles. The van der Waals surface area contributed by atoms with E-state index >= 15 is 0 Å². The number of carboxylic acid groups (broad SMARTS) is 1. The lowest BCUT2D eigenvalue weighted by molar-refractivity contribution is -0.138. The van der Waals surface area contributed by atoms with E-state index in [1.165, 1.54) is 0 Å². The molecule has 0 saturated heterocycles. The van der Waals surface area contributed by atoms with Crippen molar-refractivity contribution < 1.29 is 9.90 Å². The van der Waals surface area contributed by atoms with E-state index < -0.39 is 10.3 Å². The molecule has 0 aliphatic rings. The van der Waals surface area contributed by atoms with Gasteiger partial charge in [0.15, 0.2) is 0 Å². The first kappa shape index (κ1) is 12.2. The van der Waals surface area contributed by atoms with Gasteiger partial charge < -0.3 is 5.11 Å². The Hall–Kier alpha value is -0.490. The van der Waals surface area contributed by atoms with E-state index in [4.69, 9.17) is 5.11 Å². The molecule has 0 aliphatic carbocycles. The van der Waals surface area contributed by atoms with Crippen molar-refractivity contribution in [3.05, 3.63) is 0 Å². The van der Waals surface area contributed by atoms with Gasteiger partial charge in [0.2, 0.25) is 0 Å². The van der Waals surface area contributed by atoms with Crippen LogP contribution in [-0.4, -0.2) is 15.4 Å². The van der Waals surface area contributed by atoms with Crippen LogP contribution >= 0.6 is 15.9 Å². The Morgan fingerprint density at radius 2 is 1.80 bits per heavy atom. The lowest BCUT2D eigenvalue weighted by Gasteiger charge is -2.06. The molecule has 0 rings (SSSR count). The Kier molecular flexibility index (Phi) is 6.48. The number of rotatable bonds is 1. The summed E-state index contributed by atoms with van der Waals surface area (Å²) in [5.41, 5.74) is 0. The SMILES string of the molecule is C#CC.CC(C)(Br)C(=O)O. The second kappa shape index (κ2) is 5.31. The van der Waals surface area contributed by atoms with Gasteiger partial charge in [-0.05, 0) is 20.8 Å². The molecule has 0 spiro atoms. The molecule has 0 unspecified atom stereocenters. The molecule has 0 amide bonds. The summed E-state index contributed by atoms with van der Waals surface area (Å²) in [6.07, 6.45) is 4.60. The van der Waals surface area contributed by atoms with Gasteiger partial charge >= 0.3 is 5.97 Å². The zero-order valence-corrected chi connectivity index (χ0v) is 7.90. The Balaban J connectivity index is 0. The zero-order valence-electron chi connectivity index (χ0n) is 6.31. The molecule has 0 bridgehead atoms. The summed E-state index contributed by atoms with van der Waals surface area (Å²) in [6.45, 7) is 4.81. The van der Waals surface area contributed by atoms with E-state index in [0.717, 1.165) is 0 Å². The summed E-state index contributed by atoms with van der Waals surface area (Å²) in [6, 6.07) is 0. The van der Waals surface area contributed by atoms with Crippen LogP contribution in [0.4, 0.5) is 0 Å². The molecule has 1 N–H and O–H groups in total. The molecule has 0 fully saturated rings. The van der Waals surface area contributed by atoms with Crippen molar-refractivity contribution in [2.24, 2.45) is 0 Å². The minimum atomic E-state index is -0.840. The van der Waals surface area contributed by atoms with Crippen LogP contribution in [-0.2, 0) is 4.79 Å². The fourth-order valence-electron chi connectivity index (χ4n) is 0. The summed E-state index contributed by atoms with van der Waals surface area (Å²) in [5, 5.41) is 8.20. The van der Waals surface area contributed by atoms with E-state index in [0.29, 0.717) is 0 Å². The number of hydrogen-bond donors (Lipinski definition) is 1. The molecular weight excluding hydrogens is 196 g/mol. The van der Waals surface area contributed by atoms with Crippen LogP contribution in [0.5, 0.6) is 0 Å². The van der Waals surface area contributed by atoms with E-state index in [1.807, 2.05) is 0 Å². The van der Waals surface area contributed by atoms with Gasteiger partial charge in [-0.15, -0.1) is 12.3 Å². The second-order valence-electron chi connectivity index (χ2n) is 2.07. The first-order valence-electron chi connectivity index (χ1n) is 2.66. The number of aliphatic carboxylic acids is 1. The monoisotopic (exact) mass is 206 g/mol. The number of hydrogen-bond acceptors (Lipinski definition) is 1. The molecule has 0 aromatic carbocycles. The molecule has 0 aromatic rings. The highest BCUT2D eigenvalue weighted by molar-refractivity contribution is 9.10. The molecule has 58 valence electrons. The van der Waals surface area contributed by atoms with Crippen molar-refractivity contribution in [2.75, 3.05) is 0 Å². The summed E-state index contributed by atoms with van der Waals surface area (Å²) < 4.78 is -0.771. The van der Waals surface area contributed by atoms with Gasteiger partial charge in [0.25, 0.3) is 0 Å². The fraction of sp³-hybridized carbons (Fsp3) is 0.571. The van der Waals surface area contributed by atoms with Gasteiger partial charge in [0.05, 0.1) is 0 Å². The zero-order chi connectivity index (χ0) is 8.78. The number of carboxylic acids is 1. The quantitative estimate of drug-likeness (QED) is 0.526. The molecular formula is C7H11BrO2. The average molecular weight is 207 g/mol. The minimum absolute atomic E-state index is 0.771. The highest BCUT2D eigenvalue weighted by Crippen LogP contribution is 2.14. The molecule has 3 heteroatoms. The Labute approximate surface area is 69.8 Å². The van der Waals surface area contributed by atoms with Crippen LogP contribution in [0.3, 0.4) is 0 Å². The normalized spacial score (nSPS) is 8.70. The molecule has 0 radical (unpaired) electrons. The molecule has 0 heterocycles. The van der Waals surface area contributed by atoms with Crippen LogP contribution in [0.2, 0.25) is 0 Å². The van der Waals surface area contributed by atoms with Gasteiger partial charge in [-0.2, -0.15) is 0 Å². The summed E-state index contributed by atoms with van der Waals surface area (Å²) in [5.74, 6) is 1.41. The average Bonchev–Trinajstić information content (AvgIpc) is 1.64. The van der Waals surface area contributed by atoms with E-state index in [1.54, 1.807) is 20.8 Å². The van der Waals surface area contributed by atoms with Gasteiger partial charge in [-0.1, -0.05) is 15.9 Å². The maximum atomic E-state index is 9.97. The van der Waals surface area contributed by atoms with Crippen molar-refractivity contribution >= 4 is 21.9 Å². The molecule has 10 heavy (non-hydrogen) atoms. The lowest BCUT2D eigenvalue weighted by Crippen LogP contribution is -2.22. The van der Waals surface area contributed by atoms with E-state index in [2.05, 4.69) is 28.3 Å². The maximum absolute atomic E-state index is 9.97. The van der Waals surface area contributed by atoms with Crippen molar-refractivity contribution in [2.45, 2.75) is 25.1 Å². The van der Waals surface area contributed by atoms with Gasteiger partial charge in [0, 0.05) is 0 Å². The summed E-state index contributed by atoms with van der Waals surface area (Å²) >= 11 is 2.94. The number of alkyl halides is 1. The number of terminal acetylenes is 1. The topological polar surface area (TPSA) is 37.3 Å². The van der Waals surface area contributed by atoms with Crippen LogP contribution in [0, 0.1) is 12.3 Å². The summed E-state index contributed by atoms with van der Waals surface area (Å²) in [4.78, 5) is 9.97. The van der Waals surface area contributed by atoms with Crippen LogP contribution in [0.25, 0.3) is 0 Å². The third-order valence-corrected chi connectivity index (χ3v) is 0.848. The third kappa shape index (κ3) is 10.5. The lowest BCUT2D eigenvalue weighted by atomic mass is 10.2. The first-order chi connectivity index (χ1) is 4.36. The van der Waals surface area contributed by atoms with Gasteiger partial charge in [0.1, 0.15) is 4.32 Å². The number of carbonyl (C=O) groups is 1. The fourth-order valence-corrected chi connectivity index (χ4v) is 0.